The summed E-state index contributed by atoms with van der Waals surface area (Å²) in [7, 11) is 0. The van der Waals surface area contributed by atoms with Crippen molar-refractivity contribution in [3.8, 4) is 0 Å². The molecule has 2 heterocycles. The van der Waals surface area contributed by atoms with Crippen LogP contribution in [0.1, 0.15) is 30.7 Å². The molecule has 4 heteroatoms. The quantitative estimate of drug-likeness (QED) is 0.882. The van der Waals surface area contributed by atoms with E-state index in [1.54, 1.807) is 0 Å². The molecule has 0 aromatic carbocycles. The first-order valence-corrected chi connectivity index (χ1v) is 6.46. The number of aryl methyl sites for hydroxylation is 2. The zero-order chi connectivity index (χ0) is 11.5. The predicted octanol–water partition coefficient (Wildman–Crippen LogP) is 2.54. The van der Waals surface area contributed by atoms with Gasteiger partial charge in [-0.05, 0) is 52.1 Å². The van der Waals surface area contributed by atoms with Crippen LogP contribution in [0.15, 0.2) is 0 Å². The highest BCUT2D eigenvalue weighted by atomic mass is 35.5. The zero-order valence-corrected chi connectivity index (χ0v) is 10.8. The third-order valence-corrected chi connectivity index (χ3v) is 4.05. The Hall–Kier alpha value is -0.540. The van der Waals surface area contributed by atoms with Gasteiger partial charge in [0.1, 0.15) is 0 Å². The van der Waals surface area contributed by atoms with E-state index in [-0.39, 0.29) is 0 Å². The Kier molecular flexibility index (Phi) is 3.87. The number of nitrogens with zero attached hydrogens (tertiary/aromatic N) is 2. The molecule has 1 aliphatic rings. The predicted molar refractivity (Wildman–Crippen MR) is 66.9 cm³/mol. The normalized spacial score (nSPS) is 17.9. The Bertz CT molecular complexity index is 353. The molecule has 1 saturated heterocycles. The molecular formula is C12H20ClN3. The van der Waals surface area contributed by atoms with Crippen LogP contribution >= 0.6 is 11.6 Å². The van der Waals surface area contributed by atoms with Crippen LogP contribution in [0.3, 0.4) is 0 Å². The summed E-state index contributed by atoms with van der Waals surface area (Å²) in [6.45, 7) is 7.36. The average molecular weight is 242 g/mol. The van der Waals surface area contributed by atoms with Crippen molar-refractivity contribution in [1.29, 1.82) is 0 Å². The second-order valence-electron chi connectivity index (χ2n) is 4.69. The molecule has 1 aliphatic heterocycles. The fourth-order valence-corrected chi connectivity index (χ4v) is 2.50. The maximum absolute atomic E-state index is 6.13. The van der Waals surface area contributed by atoms with Crippen molar-refractivity contribution in [2.75, 3.05) is 13.1 Å². The van der Waals surface area contributed by atoms with E-state index in [2.05, 4.69) is 15.1 Å². The van der Waals surface area contributed by atoms with Gasteiger partial charge in [-0.25, -0.2) is 0 Å². The summed E-state index contributed by atoms with van der Waals surface area (Å²) in [6, 6.07) is 0. The van der Waals surface area contributed by atoms with E-state index in [9.17, 15) is 0 Å². The Balaban J connectivity index is 1.91. The number of aromatic nitrogens is 2. The summed E-state index contributed by atoms with van der Waals surface area (Å²) < 4.78 is 2.06. The van der Waals surface area contributed by atoms with Crippen molar-refractivity contribution in [2.24, 2.45) is 5.92 Å². The summed E-state index contributed by atoms with van der Waals surface area (Å²) in [6.07, 6.45) is 3.82. The van der Waals surface area contributed by atoms with E-state index in [1.807, 2.05) is 13.8 Å². The molecule has 16 heavy (non-hydrogen) atoms. The maximum atomic E-state index is 6.13. The highest BCUT2D eigenvalue weighted by Crippen LogP contribution is 2.21. The third-order valence-electron chi connectivity index (χ3n) is 3.50. The molecule has 90 valence electrons. The van der Waals surface area contributed by atoms with Gasteiger partial charge in [-0.3, -0.25) is 4.68 Å². The first kappa shape index (κ1) is 11.9. The Morgan fingerprint density at radius 2 is 2.06 bits per heavy atom. The second kappa shape index (κ2) is 5.19. The van der Waals surface area contributed by atoms with Gasteiger partial charge in [0.2, 0.25) is 0 Å². The number of halogens is 1. The van der Waals surface area contributed by atoms with Crippen LogP contribution < -0.4 is 5.32 Å². The number of nitrogens with one attached hydrogen (secondary N) is 1. The SMILES string of the molecule is Cc1nn(CCC2CCNCC2)c(C)c1Cl. The molecule has 3 nitrogen and oxygen atoms in total. The first-order valence-electron chi connectivity index (χ1n) is 6.08. The maximum Gasteiger partial charge on any atom is 0.0844 e. The van der Waals surface area contributed by atoms with Gasteiger partial charge in [-0.1, -0.05) is 11.6 Å². The Morgan fingerprint density at radius 3 is 2.62 bits per heavy atom. The van der Waals surface area contributed by atoms with E-state index < -0.39 is 0 Å². The van der Waals surface area contributed by atoms with E-state index >= 15 is 0 Å². The minimum atomic E-state index is 0.824. The molecule has 0 bridgehead atoms. The number of hydrogen-bond acceptors (Lipinski definition) is 2. The molecule has 0 aliphatic carbocycles. The van der Waals surface area contributed by atoms with Crippen molar-refractivity contribution in [1.82, 2.24) is 15.1 Å². The van der Waals surface area contributed by atoms with Crippen LogP contribution in [0.4, 0.5) is 0 Å². The fraction of sp³-hybridized carbons (Fsp3) is 0.750. The highest BCUT2D eigenvalue weighted by molar-refractivity contribution is 6.31. The molecule has 0 amide bonds. The minimum absolute atomic E-state index is 0.824. The van der Waals surface area contributed by atoms with Crippen molar-refractivity contribution < 1.29 is 0 Å². The van der Waals surface area contributed by atoms with Crippen LogP contribution in [-0.4, -0.2) is 22.9 Å². The standard InChI is InChI=1S/C12H20ClN3/c1-9-12(13)10(2)16(15-9)8-5-11-3-6-14-7-4-11/h11,14H,3-8H2,1-2H3. The van der Waals surface area contributed by atoms with Gasteiger partial charge in [0, 0.05) is 6.54 Å². The summed E-state index contributed by atoms with van der Waals surface area (Å²) in [5.74, 6) is 0.851. The molecule has 1 aromatic heterocycles. The van der Waals surface area contributed by atoms with E-state index in [0.717, 1.165) is 28.9 Å². The van der Waals surface area contributed by atoms with Gasteiger partial charge in [0.15, 0.2) is 0 Å². The fourth-order valence-electron chi connectivity index (χ4n) is 2.37. The first-order chi connectivity index (χ1) is 7.68. The van der Waals surface area contributed by atoms with Gasteiger partial charge in [0.25, 0.3) is 0 Å². The second-order valence-corrected chi connectivity index (χ2v) is 5.07. The van der Waals surface area contributed by atoms with E-state index in [1.165, 1.54) is 32.4 Å². The Labute approximate surface area is 102 Å². The third kappa shape index (κ3) is 2.58. The lowest BCUT2D eigenvalue weighted by Crippen LogP contribution is -2.28. The van der Waals surface area contributed by atoms with E-state index in [0.29, 0.717) is 0 Å². The number of hydrogen-bond donors (Lipinski definition) is 1. The summed E-state index contributed by atoms with van der Waals surface area (Å²) in [5.41, 5.74) is 2.05. The topological polar surface area (TPSA) is 29.9 Å². The summed E-state index contributed by atoms with van der Waals surface area (Å²) in [5, 5.41) is 8.68. The van der Waals surface area contributed by atoms with Crippen molar-refractivity contribution in [2.45, 2.75) is 39.7 Å². The van der Waals surface area contributed by atoms with Gasteiger partial charge in [-0.2, -0.15) is 5.10 Å². The van der Waals surface area contributed by atoms with Crippen LogP contribution in [0.5, 0.6) is 0 Å². The van der Waals surface area contributed by atoms with Crippen molar-refractivity contribution in [3.05, 3.63) is 16.4 Å². The largest absolute Gasteiger partial charge is 0.317 e. The molecule has 1 fully saturated rings. The van der Waals surface area contributed by atoms with Gasteiger partial charge >= 0.3 is 0 Å². The number of piperidine rings is 1. The van der Waals surface area contributed by atoms with Crippen molar-refractivity contribution in [3.63, 3.8) is 0 Å². The van der Waals surface area contributed by atoms with Crippen LogP contribution in [-0.2, 0) is 6.54 Å². The molecular weight excluding hydrogens is 222 g/mol. The number of rotatable bonds is 3. The van der Waals surface area contributed by atoms with Crippen LogP contribution in [0.2, 0.25) is 5.02 Å². The van der Waals surface area contributed by atoms with Crippen LogP contribution in [0.25, 0.3) is 0 Å². The summed E-state index contributed by atoms with van der Waals surface area (Å²) >= 11 is 6.13. The minimum Gasteiger partial charge on any atom is -0.317 e. The van der Waals surface area contributed by atoms with Crippen molar-refractivity contribution >= 4 is 11.6 Å². The molecule has 0 radical (unpaired) electrons. The smallest absolute Gasteiger partial charge is 0.0844 e. The lowest BCUT2D eigenvalue weighted by Gasteiger charge is -2.22. The molecule has 2 rings (SSSR count). The average Bonchev–Trinajstić information content (AvgIpc) is 2.56. The van der Waals surface area contributed by atoms with Crippen LogP contribution in [0, 0.1) is 19.8 Å². The highest BCUT2D eigenvalue weighted by Gasteiger charge is 2.14. The summed E-state index contributed by atoms with van der Waals surface area (Å²) in [4.78, 5) is 0. The molecule has 0 spiro atoms. The molecule has 0 unspecified atom stereocenters. The lowest BCUT2D eigenvalue weighted by molar-refractivity contribution is 0.330. The molecule has 1 aromatic rings. The van der Waals surface area contributed by atoms with E-state index in [4.69, 9.17) is 11.6 Å². The van der Waals surface area contributed by atoms with Gasteiger partial charge in [-0.15, -0.1) is 0 Å². The zero-order valence-electron chi connectivity index (χ0n) is 10.1. The molecule has 1 N–H and O–H groups in total. The lowest BCUT2D eigenvalue weighted by atomic mass is 9.95. The molecule has 0 saturated carbocycles. The van der Waals surface area contributed by atoms with Gasteiger partial charge < -0.3 is 5.32 Å². The molecule has 0 atom stereocenters. The Morgan fingerprint density at radius 1 is 1.38 bits per heavy atom. The monoisotopic (exact) mass is 241 g/mol. The van der Waals surface area contributed by atoms with Gasteiger partial charge in [0.05, 0.1) is 16.4 Å².